The minimum Gasteiger partial charge on any atom is -0.466 e. The summed E-state index contributed by atoms with van der Waals surface area (Å²) in [5.74, 6) is 5.02. The average molecular weight is 1600 g/mol. The fourth-order valence-electron chi connectivity index (χ4n) is 14.1. The Labute approximate surface area is 695 Å². The fraction of sp³-hybridized carbons (Fsp3) is 0.959. The van der Waals surface area contributed by atoms with Crippen LogP contribution in [-0.2, 0) is 38.1 Å². The highest BCUT2D eigenvalue weighted by atomic mass is 32.2. The molecule has 0 rings (SSSR count). The van der Waals surface area contributed by atoms with Crippen molar-refractivity contribution in [3.05, 3.63) is 0 Å². The third-order valence-corrected chi connectivity index (χ3v) is 24.6. The van der Waals surface area contributed by atoms with Crippen LogP contribution in [0.3, 0.4) is 0 Å². The zero-order chi connectivity index (χ0) is 79.5. The number of thioether (sulfide) groups is 3. The average Bonchev–Trinajstić information content (AvgIpc) is 3.22. The van der Waals surface area contributed by atoms with Crippen molar-refractivity contribution in [3.63, 3.8) is 0 Å². The largest absolute Gasteiger partial charge is 0.466 e. The van der Waals surface area contributed by atoms with Crippen molar-refractivity contribution in [2.75, 3.05) is 67.5 Å². The van der Waals surface area contributed by atoms with Gasteiger partial charge in [0.25, 0.3) is 0 Å². The molecule has 0 amide bonds. The topological polar surface area (TPSA) is 131 Å². The second kappa shape index (κ2) is 107. The van der Waals surface area contributed by atoms with Gasteiger partial charge in [-0.05, 0) is 56.6 Å². The first-order chi connectivity index (χ1) is 53.8. The molecular weight excluding hydrogens is 1400 g/mol. The lowest BCUT2D eigenvalue weighted by Crippen LogP contribution is -2.09. The maximum absolute atomic E-state index is 12.0. The molecule has 0 fully saturated rings. The molecule has 0 heterocycles. The van der Waals surface area contributed by atoms with Gasteiger partial charge in [0.15, 0.2) is 0 Å². The summed E-state index contributed by atoms with van der Waals surface area (Å²) >= 11 is 5.36. The SMILES string of the molecule is CCCCCCCCCCCCCCCCCCOC(=O)CCSCCC(=O)OCCCCCCCCCCCCCCCCCC.CCCCCCCCCCCCCCCCCCSCCCN.CCCCCCCCCCCCCCOC(=O)CCSCCC(=O)OCCCCCCCCCCCCCC. The maximum atomic E-state index is 12.0. The van der Waals surface area contributed by atoms with Crippen LogP contribution in [0, 0.1) is 0 Å². The molecule has 2 N–H and O–H groups in total. The van der Waals surface area contributed by atoms with Gasteiger partial charge in [-0.1, -0.05) is 465 Å². The Balaban J connectivity index is -0.00000163. The number of ether oxygens (including phenoxy) is 4. The zero-order valence-corrected chi connectivity index (χ0v) is 76.7. The molecule has 109 heavy (non-hydrogen) atoms. The van der Waals surface area contributed by atoms with Crippen molar-refractivity contribution in [2.24, 2.45) is 5.73 Å². The van der Waals surface area contributed by atoms with Gasteiger partial charge in [0.2, 0.25) is 0 Å². The van der Waals surface area contributed by atoms with Gasteiger partial charge >= 0.3 is 23.9 Å². The van der Waals surface area contributed by atoms with Gasteiger partial charge in [-0.15, -0.1) is 0 Å². The molecule has 0 unspecified atom stereocenters. The van der Waals surface area contributed by atoms with E-state index in [0.29, 0.717) is 75.1 Å². The molecule has 12 heteroatoms. The number of carbonyl (C=O) groups is 4. The third-order valence-electron chi connectivity index (χ3n) is 21.5. The number of unbranched alkanes of at least 4 members (excludes halogenated alkanes) is 67. The first-order valence-corrected chi connectivity index (χ1v) is 52.3. The van der Waals surface area contributed by atoms with Gasteiger partial charge in [-0.3, -0.25) is 19.2 Å². The van der Waals surface area contributed by atoms with Crippen molar-refractivity contribution in [1.29, 1.82) is 0 Å². The van der Waals surface area contributed by atoms with E-state index in [1.807, 2.05) is 0 Å². The van der Waals surface area contributed by atoms with Crippen LogP contribution in [0.2, 0.25) is 0 Å². The van der Waals surface area contributed by atoms with Crippen LogP contribution in [0.4, 0.5) is 0 Å². The molecule has 0 aliphatic heterocycles. The van der Waals surface area contributed by atoms with Crippen LogP contribution in [0.5, 0.6) is 0 Å². The van der Waals surface area contributed by atoms with E-state index in [4.69, 9.17) is 24.7 Å². The Morgan fingerprint density at radius 3 is 0.459 bits per heavy atom. The number of hydrogen-bond donors (Lipinski definition) is 1. The van der Waals surface area contributed by atoms with Crippen molar-refractivity contribution in [1.82, 2.24) is 0 Å². The van der Waals surface area contributed by atoms with Crippen molar-refractivity contribution in [3.8, 4) is 0 Å². The molecule has 0 saturated carbocycles. The van der Waals surface area contributed by atoms with Crippen LogP contribution in [0.1, 0.15) is 529 Å². The van der Waals surface area contributed by atoms with Gasteiger partial charge in [0.1, 0.15) is 0 Å². The Bertz CT molecular complexity index is 1580. The second-order valence-corrected chi connectivity index (χ2v) is 36.2. The summed E-state index contributed by atoms with van der Waals surface area (Å²) in [6.07, 6.45) is 101. The predicted octanol–water partition coefficient (Wildman–Crippen LogP) is 32.4. The van der Waals surface area contributed by atoms with Crippen LogP contribution in [0.25, 0.3) is 0 Å². The van der Waals surface area contributed by atoms with Gasteiger partial charge in [-0.2, -0.15) is 35.3 Å². The highest BCUT2D eigenvalue weighted by Crippen LogP contribution is 2.21. The summed E-state index contributed by atoms with van der Waals surface area (Å²) in [5.41, 5.74) is 5.49. The summed E-state index contributed by atoms with van der Waals surface area (Å²) in [5, 5.41) is 0. The molecule has 0 radical (unpaired) electrons. The number of carbonyl (C=O) groups excluding carboxylic acids is 4. The van der Waals surface area contributed by atoms with Crippen molar-refractivity contribution in [2.45, 2.75) is 529 Å². The Morgan fingerprint density at radius 1 is 0.174 bits per heavy atom. The molecule has 652 valence electrons. The van der Waals surface area contributed by atoms with Crippen LogP contribution in [0.15, 0.2) is 0 Å². The molecule has 0 bridgehead atoms. The Hall–Kier alpha value is -1.11. The van der Waals surface area contributed by atoms with Gasteiger partial charge < -0.3 is 24.7 Å². The van der Waals surface area contributed by atoms with E-state index in [2.05, 4.69) is 46.4 Å². The summed E-state index contributed by atoms with van der Waals surface area (Å²) < 4.78 is 21.5. The molecule has 0 aliphatic rings. The molecule has 0 aromatic carbocycles. The minimum atomic E-state index is -0.111. The van der Waals surface area contributed by atoms with Gasteiger partial charge in [0, 0.05) is 23.0 Å². The maximum Gasteiger partial charge on any atom is 0.306 e. The van der Waals surface area contributed by atoms with Crippen LogP contribution >= 0.6 is 35.3 Å². The predicted molar refractivity (Wildman–Crippen MR) is 489 cm³/mol. The van der Waals surface area contributed by atoms with Crippen LogP contribution < -0.4 is 5.73 Å². The number of hydrogen-bond acceptors (Lipinski definition) is 12. The van der Waals surface area contributed by atoms with E-state index in [1.54, 1.807) is 23.5 Å². The lowest BCUT2D eigenvalue weighted by molar-refractivity contribution is -0.144. The summed E-state index contributed by atoms with van der Waals surface area (Å²) in [6.45, 7) is 14.4. The summed E-state index contributed by atoms with van der Waals surface area (Å²) in [6, 6.07) is 0. The van der Waals surface area contributed by atoms with Crippen LogP contribution in [-0.4, -0.2) is 91.4 Å². The quantitative estimate of drug-likeness (QED) is 0.0353. The first kappa shape index (κ1) is 112. The lowest BCUT2D eigenvalue weighted by atomic mass is 10.0. The molecule has 9 nitrogen and oxygen atoms in total. The highest BCUT2D eigenvalue weighted by Gasteiger charge is 2.09. The smallest absolute Gasteiger partial charge is 0.306 e. The summed E-state index contributed by atoms with van der Waals surface area (Å²) in [4.78, 5) is 47.6. The van der Waals surface area contributed by atoms with E-state index in [0.717, 1.165) is 57.9 Å². The number of nitrogens with two attached hydrogens (primary N) is 1. The van der Waals surface area contributed by atoms with E-state index >= 15 is 0 Å². The fourth-order valence-corrected chi connectivity index (χ4v) is 16.7. The molecule has 0 spiro atoms. The van der Waals surface area contributed by atoms with Gasteiger partial charge in [0.05, 0.1) is 52.1 Å². The minimum absolute atomic E-state index is 0.107. The Kier molecular flexibility index (Phi) is 110. The highest BCUT2D eigenvalue weighted by molar-refractivity contribution is 7.99. The molecule has 0 aliphatic carbocycles. The number of esters is 4. The molecular formula is C97H193NO8S3. The first-order valence-electron chi connectivity index (χ1n) is 48.9. The molecule has 0 saturated heterocycles. The normalized spacial score (nSPS) is 11.2. The van der Waals surface area contributed by atoms with E-state index in [1.165, 1.54) is 429 Å². The van der Waals surface area contributed by atoms with Gasteiger partial charge in [-0.25, -0.2) is 0 Å². The molecule has 0 aromatic heterocycles. The molecule has 0 atom stereocenters. The van der Waals surface area contributed by atoms with Crippen molar-refractivity contribution < 1.29 is 38.1 Å². The zero-order valence-electron chi connectivity index (χ0n) is 74.3. The number of rotatable bonds is 92. The molecule has 0 aromatic rings. The van der Waals surface area contributed by atoms with E-state index < -0.39 is 0 Å². The van der Waals surface area contributed by atoms with E-state index in [-0.39, 0.29) is 23.9 Å². The van der Waals surface area contributed by atoms with E-state index in [9.17, 15) is 19.2 Å². The monoisotopic (exact) mass is 1600 g/mol. The second-order valence-electron chi connectivity index (χ2n) is 32.5. The van der Waals surface area contributed by atoms with Crippen molar-refractivity contribution >= 4 is 59.2 Å². The summed E-state index contributed by atoms with van der Waals surface area (Å²) in [7, 11) is 0. The standard InChI is InChI=1S/C42H82O4S.C34H66O4S.C21H45NS/c1-3-5-7-9-11-13-15-17-19-21-23-25-27-29-31-33-37-45-41(43)35-39-47-40-36-42(44)46-38-34-32-30-28-26-24-22-20-18-16-14-12-10-8-6-4-2;1-3-5-7-9-11-13-15-17-19-21-23-25-29-37-33(35)27-31-39-32-28-34(36)38-30-26-24-22-20-18-16-14-12-10-8-6-4-2;1-2-3-4-5-6-7-8-9-10-11-12-13-14-15-16-17-20-23-21-18-19-22/h3-40H2,1-2H3;3-32H2,1-2H3;2-22H2,1H3. The lowest BCUT2D eigenvalue weighted by Gasteiger charge is -2.06. The Morgan fingerprint density at radius 2 is 0.303 bits per heavy atom. The third kappa shape index (κ3) is 111.